The van der Waals surface area contributed by atoms with Gasteiger partial charge in [-0.15, -0.1) is 0 Å². The number of phenols is 1. The van der Waals surface area contributed by atoms with E-state index in [2.05, 4.69) is 45.1 Å². The van der Waals surface area contributed by atoms with Crippen LogP contribution < -0.4 is 4.74 Å². The molecule has 1 heterocycles. The minimum atomic E-state index is -0.0615. The summed E-state index contributed by atoms with van der Waals surface area (Å²) in [5.41, 5.74) is 3.15. The van der Waals surface area contributed by atoms with Gasteiger partial charge in [-0.2, -0.15) is 0 Å². The molecule has 1 atom stereocenters. The number of phenolic OH excluding ortho intramolecular Hbond substituents is 1. The third-order valence-electron chi connectivity index (χ3n) is 6.82. The Kier molecular flexibility index (Phi) is 11.3. The molecule has 2 nitrogen and oxygen atoms in total. The van der Waals surface area contributed by atoms with Crippen LogP contribution in [0.15, 0.2) is 30.4 Å². The van der Waals surface area contributed by atoms with Gasteiger partial charge in [0, 0.05) is 0 Å². The number of unbranched alkanes of at least 4 members (excludes halogenated alkanes) is 8. The molecule has 2 heteroatoms. The Bertz CT molecular complexity index is 716. The first-order valence-electron chi connectivity index (χ1n) is 12.8. The quantitative estimate of drug-likeness (QED) is 0.238. The number of aryl methyl sites for hydroxylation is 1. The number of allylic oxidation sites excluding steroid dienone is 4. The molecule has 1 unspecified atom stereocenters. The van der Waals surface area contributed by atoms with Gasteiger partial charge in [0.05, 0.1) is 0 Å². The summed E-state index contributed by atoms with van der Waals surface area (Å²) in [5.74, 6) is 1.42. The van der Waals surface area contributed by atoms with Gasteiger partial charge in [0.25, 0.3) is 0 Å². The molecule has 31 heavy (non-hydrogen) atoms. The number of ether oxygens (including phenoxy) is 1. The molecule has 0 saturated carbocycles. The Morgan fingerprint density at radius 3 is 2.26 bits per heavy atom. The second-order valence-electron chi connectivity index (χ2n) is 9.67. The van der Waals surface area contributed by atoms with Gasteiger partial charge < -0.3 is 9.84 Å². The third-order valence-corrected chi connectivity index (χ3v) is 6.82. The van der Waals surface area contributed by atoms with E-state index in [-0.39, 0.29) is 5.60 Å². The minimum Gasteiger partial charge on any atom is -0.508 e. The summed E-state index contributed by atoms with van der Waals surface area (Å²) in [4.78, 5) is 0. The van der Waals surface area contributed by atoms with Crippen LogP contribution in [0.1, 0.15) is 114 Å². The van der Waals surface area contributed by atoms with Crippen molar-refractivity contribution < 1.29 is 9.84 Å². The molecule has 0 bridgehead atoms. The number of aromatic hydroxyl groups is 1. The van der Waals surface area contributed by atoms with Crippen LogP contribution in [-0.4, -0.2) is 10.7 Å². The summed E-state index contributed by atoms with van der Waals surface area (Å²) in [6.45, 7) is 8.56. The van der Waals surface area contributed by atoms with Crippen molar-refractivity contribution in [2.45, 2.75) is 123 Å². The fraction of sp³-hybridized carbons (Fsp3) is 0.655. The molecular weight excluding hydrogens is 380 g/mol. The van der Waals surface area contributed by atoms with E-state index in [4.69, 9.17) is 4.74 Å². The number of benzene rings is 1. The normalized spacial score (nSPS) is 18.6. The number of rotatable bonds is 14. The van der Waals surface area contributed by atoms with Gasteiger partial charge in [-0.25, -0.2) is 0 Å². The SMILES string of the molecule is CCCCC/C=C/C/C=C/CCCCCCCC1(C)CCc2cc(O)c(C)c(C)c2O1. The Hall–Kier alpha value is -1.70. The molecule has 1 aliphatic heterocycles. The van der Waals surface area contributed by atoms with Crippen LogP contribution >= 0.6 is 0 Å². The van der Waals surface area contributed by atoms with E-state index >= 15 is 0 Å². The molecule has 0 fully saturated rings. The first-order chi connectivity index (χ1) is 15.0. The standard InChI is InChI=1S/C29H46O2/c1-5-6-7-8-9-10-11-12-13-14-15-16-17-18-19-21-29(4)22-20-26-23-27(30)24(2)25(3)28(26)31-29/h9-10,12-13,23,30H,5-8,11,14-22H2,1-4H3/b10-9+,13-12+. The van der Waals surface area contributed by atoms with Crippen molar-refractivity contribution in [2.24, 2.45) is 0 Å². The van der Waals surface area contributed by atoms with Gasteiger partial charge in [0.1, 0.15) is 17.1 Å². The lowest BCUT2D eigenvalue weighted by molar-refractivity contribution is 0.0524. The summed E-state index contributed by atoms with van der Waals surface area (Å²) in [6, 6.07) is 1.90. The molecule has 0 aliphatic carbocycles. The average molecular weight is 427 g/mol. The minimum absolute atomic E-state index is 0.0615. The average Bonchev–Trinajstić information content (AvgIpc) is 2.76. The Balaban J connectivity index is 1.55. The topological polar surface area (TPSA) is 29.5 Å². The largest absolute Gasteiger partial charge is 0.508 e. The Labute approximate surface area is 191 Å². The highest BCUT2D eigenvalue weighted by molar-refractivity contribution is 5.53. The van der Waals surface area contributed by atoms with Gasteiger partial charge in [-0.1, -0.05) is 63.3 Å². The molecule has 1 aromatic carbocycles. The van der Waals surface area contributed by atoms with Crippen LogP contribution in [0, 0.1) is 13.8 Å². The van der Waals surface area contributed by atoms with Gasteiger partial charge in [-0.3, -0.25) is 0 Å². The summed E-state index contributed by atoms with van der Waals surface area (Å²) in [7, 11) is 0. The maximum Gasteiger partial charge on any atom is 0.126 e. The van der Waals surface area contributed by atoms with Gasteiger partial charge in [0.2, 0.25) is 0 Å². The molecule has 1 aromatic rings. The van der Waals surface area contributed by atoms with Crippen molar-refractivity contribution in [1.82, 2.24) is 0 Å². The van der Waals surface area contributed by atoms with Crippen LogP contribution in [0.25, 0.3) is 0 Å². The zero-order valence-corrected chi connectivity index (χ0v) is 20.6. The van der Waals surface area contributed by atoms with E-state index < -0.39 is 0 Å². The van der Waals surface area contributed by atoms with Crippen molar-refractivity contribution in [3.05, 3.63) is 47.1 Å². The molecule has 1 N–H and O–H groups in total. The molecule has 0 spiro atoms. The van der Waals surface area contributed by atoms with E-state index in [1.54, 1.807) is 0 Å². The van der Waals surface area contributed by atoms with Crippen LogP contribution in [0.2, 0.25) is 0 Å². The molecule has 0 radical (unpaired) electrons. The van der Waals surface area contributed by atoms with Crippen molar-refractivity contribution in [2.75, 3.05) is 0 Å². The van der Waals surface area contributed by atoms with Gasteiger partial charge in [-0.05, 0) is 101 Å². The predicted octanol–water partition coefficient (Wildman–Crippen LogP) is 8.91. The van der Waals surface area contributed by atoms with E-state index in [1.165, 1.54) is 64.2 Å². The number of hydrogen-bond donors (Lipinski definition) is 1. The molecule has 0 saturated heterocycles. The molecular formula is C29H46O2. The summed E-state index contributed by atoms with van der Waals surface area (Å²) < 4.78 is 6.48. The maximum atomic E-state index is 10.1. The van der Waals surface area contributed by atoms with E-state index in [9.17, 15) is 5.11 Å². The fourth-order valence-corrected chi connectivity index (χ4v) is 4.45. The van der Waals surface area contributed by atoms with Crippen molar-refractivity contribution in [1.29, 1.82) is 0 Å². The zero-order valence-electron chi connectivity index (χ0n) is 20.6. The molecule has 2 rings (SSSR count). The van der Waals surface area contributed by atoms with Crippen molar-refractivity contribution in [3.8, 4) is 11.5 Å². The second kappa shape index (κ2) is 13.7. The maximum absolute atomic E-state index is 10.1. The Morgan fingerprint density at radius 1 is 0.903 bits per heavy atom. The first kappa shape index (κ1) is 25.6. The van der Waals surface area contributed by atoms with Gasteiger partial charge >= 0.3 is 0 Å². The lowest BCUT2D eigenvalue weighted by Gasteiger charge is -2.37. The highest BCUT2D eigenvalue weighted by atomic mass is 16.5. The van der Waals surface area contributed by atoms with Crippen molar-refractivity contribution >= 4 is 0 Å². The van der Waals surface area contributed by atoms with Gasteiger partial charge in [0.15, 0.2) is 0 Å². The molecule has 1 aliphatic rings. The highest BCUT2D eigenvalue weighted by Gasteiger charge is 2.32. The monoisotopic (exact) mass is 426 g/mol. The van der Waals surface area contributed by atoms with E-state index in [1.807, 2.05) is 13.0 Å². The number of hydrogen-bond acceptors (Lipinski definition) is 2. The zero-order chi connectivity index (χ0) is 22.5. The third kappa shape index (κ3) is 8.75. The smallest absolute Gasteiger partial charge is 0.126 e. The number of fused-ring (bicyclic) bond motifs is 1. The summed E-state index contributed by atoms with van der Waals surface area (Å²) in [5, 5.41) is 10.1. The lowest BCUT2D eigenvalue weighted by atomic mass is 9.86. The Morgan fingerprint density at radius 2 is 1.55 bits per heavy atom. The molecule has 0 amide bonds. The summed E-state index contributed by atoms with van der Waals surface area (Å²) >= 11 is 0. The van der Waals surface area contributed by atoms with Crippen LogP contribution in [-0.2, 0) is 6.42 Å². The lowest BCUT2D eigenvalue weighted by Crippen LogP contribution is -2.36. The highest BCUT2D eigenvalue weighted by Crippen LogP contribution is 2.41. The second-order valence-corrected chi connectivity index (χ2v) is 9.67. The fourth-order valence-electron chi connectivity index (χ4n) is 4.45. The summed E-state index contributed by atoms with van der Waals surface area (Å²) in [6.07, 6.45) is 26.5. The predicted molar refractivity (Wildman–Crippen MR) is 134 cm³/mol. The van der Waals surface area contributed by atoms with Crippen molar-refractivity contribution in [3.63, 3.8) is 0 Å². The molecule has 0 aromatic heterocycles. The van der Waals surface area contributed by atoms with Crippen LogP contribution in [0.3, 0.4) is 0 Å². The molecule has 174 valence electrons. The van der Waals surface area contributed by atoms with E-state index in [0.717, 1.165) is 48.1 Å². The van der Waals surface area contributed by atoms with Crippen LogP contribution in [0.4, 0.5) is 0 Å². The van der Waals surface area contributed by atoms with E-state index in [0.29, 0.717) is 5.75 Å². The van der Waals surface area contributed by atoms with Crippen LogP contribution in [0.5, 0.6) is 11.5 Å². The first-order valence-corrected chi connectivity index (χ1v) is 12.8.